The molecule has 0 aliphatic rings. The third kappa shape index (κ3) is 2.84. The molecule has 0 bridgehead atoms. The number of nitrogens with one attached hydrogen (secondary N) is 2. The van der Waals surface area contributed by atoms with Crippen molar-refractivity contribution in [1.29, 1.82) is 0 Å². The summed E-state index contributed by atoms with van der Waals surface area (Å²) in [7, 11) is -1.97. The summed E-state index contributed by atoms with van der Waals surface area (Å²) in [6.45, 7) is 0.215. The van der Waals surface area contributed by atoms with Crippen molar-refractivity contribution in [2.45, 2.75) is 11.6 Å². The number of hydrogen-bond donors (Lipinski definition) is 2. The predicted octanol–water partition coefficient (Wildman–Crippen LogP) is 1.06. The highest BCUT2D eigenvalue weighted by Gasteiger charge is 2.19. The Morgan fingerprint density at radius 1 is 1.44 bits per heavy atom. The number of aromatic nitrogens is 2. The fourth-order valence-electron chi connectivity index (χ4n) is 1.36. The number of sulfonamides is 1. The number of nitrogens with zero attached hydrogens (tertiary/aromatic N) is 2. The lowest BCUT2D eigenvalue weighted by molar-refractivity contribution is 0.578. The molecule has 0 radical (unpaired) electrons. The van der Waals surface area contributed by atoms with Crippen LogP contribution in [0.1, 0.15) is 4.88 Å². The second-order valence-electron chi connectivity index (χ2n) is 3.40. The zero-order valence-corrected chi connectivity index (χ0v) is 11.3. The van der Waals surface area contributed by atoms with Crippen LogP contribution in [0.5, 0.6) is 0 Å². The van der Waals surface area contributed by atoms with Crippen LogP contribution < -0.4 is 10.0 Å². The monoisotopic (exact) mass is 284 g/mol. The van der Waals surface area contributed by atoms with Crippen molar-refractivity contribution < 1.29 is 8.42 Å². The molecule has 0 amide bonds. The van der Waals surface area contributed by atoms with E-state index in [2.05, 4.69) is 20.0 Å². The van der Waals surface area contributed by atoms with Gasteiger partial charge < -0.3 is 5.32 Å². The van der Waals surface area contributed by atoms with Gasteiger partial charge in [-0.3, -0.25) is 4.98 Å². The SMILES string of the molecule is CNc1cccnc1S(=O)(=O)NCc1cncs1. The minimum absolute atomic E-state index is 0.00276. The predicted molar refractivity (Wildman–Crippen MR) is 69.9 cm³/mol. The fourth-order valence-corrected chi connectivity index (χ4v) is 3.13. The maximum Gasteiger partial charge on any atom is 0.260 e. The van der Waals surface area contributed by atoms with Crippen molar-refractivity contribution in [3.63, 3.8) is 0 Å². The molecular weight excluding hydrogens is 272 g/mol. The Hall–Kier alpha value is -1.51. The van der Waals surface area contributed by atoms with Gasteiger partial charge in [0.25, 0.3) is 10.0 Å². The van der Waals surface area contributed by atoms with E-state index >= 15 is 0 Å². The summed E-state index contributed by atoms with van der Waals surface area (Å²) in [5.41, 5.74) is 2.12. The molecule has 0 unspecified atom stereocenters. The number of hydrogen-bond acceptors (Lipinski definition) is 6. The third-order valence-corrected chi connectivity index (χ3v) is 4.35. The maximum absolute atomic E-state index is 12.1. The van der Waals surface area contributed by atoms with E-state index in [1.54, 1.807) is 30.9 Å². The van der Waals surface area contributed by atoms with E-state index in [0.717, 1.165) is 4.88 Å². The molecule has 0 atom stereocenters. The molecule has 0 aliphatic heterocycles. The van der Waals surface area contributed by atoms with Gasteiger partial charge in [0.2, 0.25) is 0 Å². The van der Waals surface area contributed by atoms with E-state index in [0.29, 0.717) is 5.69 Å². The Morgan fingerprint density at radius 2 is 2.28 bits per heavy atom. The molecule has 0 saturated carbocycles. The molecule has 0 spiro atoms. The van der Waals surface area contributed by atoms with E-state index in [4.69, 9.17) is 0 Å². The zero-order chi connectivity index (χ0) is 13.0. The molecule has 2 aromatic rings. The maximum atomic E-state index is 12.1. The van der Waals surface area contributed by atoms with Gasteiger partial charge in [0.05, 0.1) is 11.2 Å². The molecule has 2 heterocycles. The Bertz CT molecular complexity index is 611. The van der Waals surface area contributed by atoms with Crippen molar-refractivity contribution in [2.75, 3.05) is 12.4 Å². The third-order valence-electron chi connectivity index (χ3n) is 2.21. The smallest absolute Gasteiger partial charge is 0.260 e. The van der Waals surface area contributed by atoms with Gasteiger partial charge >= 0.3 is 0 Å². The topological polar surface area (TPSA) is 84.0 Å². The van der Waals surface area contributed by atoms with Crippen molar-refractivity contribution in [3.8, 4) is 0 Å². The average Bonchev–Trinajstić information content (AvgIpc) is 2.89. The molecule has 0 saturated heterocycles. The highest BCUT2D eigenvalue weighted by molar-refractivity contribution is 7.89. The van der Waals surface area contributed by atoms with Crippen LogP contribution in [0.3, 0.4) is 0 Å². The quantitative estimate of drug-likeness (QED) is 0.857. The fraction of sp³-hybridized carbons (Fsp3) is 0.200. The Morgan fingerprint density at radius 3 is 2.94 bits per heavy atom. The van der Waals surface area contributed by atoms with E-state index in [9.17, 15) is 8.42 Å². The van der Waals surface area contributed by atoms with E-state index in [1.807, 2.05) is 0 Å². The number of rotatable bonds is 5. The van der Waals surface area contributed by atoms with Crippen LogP contribution in [0.25, 0.3) is 0 Å². The van der Waals surface area contributed by atoms with Crippen LogP contribution in [0.4, 0.5) is 5.69 Å². The molecular formula is C10H12N4O2S2. The lowest BCUT2D eigenvalue weighted by atomic mass is 10.4. The molecule has 0 aliphatic carbocycles. The molecule has 2 N–H and O–H groups in total. The largest absolute Gasteiger partial charge is 0.386 e. The first-order valence-corrected chi connectivity index (χ1v) is 7.49. The van der Waals surface area contributed by atoms with Gasteiger partial charge in [0.1, 0.15) is 0 Å². The van der Waals surface area contributed by atoms with Gasteiger partial charge in [-0.1, -0.05) is 0 Å². The molecule has 0 aromatic carbocycles. The van der Waals surface area contributed by atoms with E-state index in [-0.39, 0.29) is 11.6 Å². The van der Waals surface area contributed by atoms with E-state index in [1.165, 1.54) is 17.5 Å². The summed E-state index contributed by atoms with van der Waals surface area (Å²) in [6.07, 6.45) is 3.08. The second-order valence-corrected chi connectivity index (χ2v) is 6.05. The Balaban J connectivity index is 2.20. The first-order valence-electron chi connectivity index (χ1n) is 5.13. The van der Waals surface area contributed by atoms with Crippen LogP contribution in [0.15, 0.2) is 35.1 Å². The molecule has 96 valence electrons. The normalized spacial score (nSPS) is 11.4. The van der Waals surface area contributed by atoms with Crippen molar-refractivity contribution in [2.24, 2.45) is 0 Å². The summed E-state index contributed by atoms with van der Waals surface area (Å²) >= 11 is 1.39. The Kier molecular flexibility index (Phi) is 3.90. The summed E-state index contributed by atoms with van der Waals surface area (Å²) in [6, 6.07) is 3.34. The van der Waals surface area contributed by atoms with Gasteiger partial charge in [0, 0.05) is 30.9 Å². The zero-order valence-electron chi connectivity index (χ0n) is 9.62. The minimum Gasteiger partial charge on any atom is -0.386 e. The second kappa shape index (κ2) is 5.42. The van der Waals surface area contributed by atoms with Crippen LogP contribution in [0.2, 0.25) is 0 Å². The van der Waals surface area contributed by atoms with Gasteiger partial charge in [-0.25, -0.2) is 18.1 Å². The van der Waals surface area contributed by atoms with Crippen LogP contribution >= 0.6 is 11.3 Å². The summed E-state index contributed by atoms with van der Waals surface area (Å²) in [5, 5.41) is 2.80. The van der Waals surface area contributed by atoms with E-state index < -0.39 is 10.0 Å². The van der Waals surface area contributed by atoms with Crippen molar-refractivity contribution in [1.82, 2.24) is 14.7 Å². The number of pyridine rings is 1. The lowest BCUT2D eigenvalue weighted by Gasteiger charge is -2.08. The number of thiazole rings is 1. The van der Waals surface area contributed by atoms with Crippen molar-refractivity contribution >= 4 is 27.0 Å². The molecule has 0 fully saturated rings. The molecule has 18 heavy (non-hydrogen) atoms. The number of anilines is 1. The molecule has 6 nitrogen and oxygen atoms in total. The first-order chi connectivity index (χ1) is 8.63. The van der Waals surface area contributed by atoms with Gasteiger partial charge in [0.15, 0.2) is 5.03 Å². The summed E-state index contributed by atoms with van der Waals surface area (Å²) in [4.78, 5) is 8.63. The average molecular weight is 284 g/mol. The highest BCUT2D eigenvalue weighted by Crippen LogP contribution is 2.17. The van der Waals surface area contributed by atoms with Gasteiger partial charge in [-0.2, -0.15) is 0 Å². The van der Waals surface area contributed by atoms with Gasteiger partial charge in [-0.15, -0.1) is 11.3 Å². The Labute approximate surface area is 109 Å². The van der Waals surface area contributed by atoms with Crippen LogP contribution in [-0.2, 0) is 16.6 Å². The standard InChI is InChI=1S/C10H12N4O2S2/c1-11-9-3-2-4-13-10(9)18(15,16)14-6-8-5-12-7-17-8/h2-5,7,11,14H,6H2,1H3. The van der Waals surface area contributed by atoms with Crippen molar-refractivity contribution in [3.05, 3.63) is 34.9 Å². The summed E-state index contributed by atoms with van der Waals surface area (Å²) in [5.74, 6) is 0. The molecule has 2 rings (SSSR count). The molecule has 2 aromatic heterocycles. The molecule has 8 heteroatoms. The van der Waals surface area contributed by atoms with Crippen LogP contribution in [0, 0.1) is 0 Å². The minimum atomic E-state index is -3.62. The lowest BCUT2D eigenvalue weighted by Crippen LogP contribution is -2.24. The first kappa shape index (κ1) is 12.9. The van der Waals surface area contributed by atoms with Gasteiger partial charge in [-0.05, 0) is 12.1 Å². The van der Waals surface area contributed by atoms with Crippen LogP contribution in [-0.4, -0.2) is 25.4 Å². The summed E-state index contributed by atoms with van der Waals surface area (Å²) < 4.78 is 26.6. The highest BCUT2D eigenvalue weighted by atomic mass is 32.2.